The van der Waals surface area contributed by atoms with E-state index in [9.17, 15) is 4.21 Å². The van der Waals surface area contributed by atoms with Crippen LogP contribution in [0.2, 0.25) is 0 Å². The Bertz CT molecular complexity index is 186. The van der Waals surface area contributed by atoms with Crippen molar-refractivity contribution in [1.29, 1.82) is 0 Å². The van der Waals surface area contributed by atoms with Gasteiger partial charge in [0.1, 0.15) is 0 Å². The molecule has 1 aliphatic carbocycles. The summed E-state index contributed by atoms with van der Waals surface area (Å²) < 4.78 is 11.1. The Balaban J connectivity index is 2.16. The number of rotatable bonds is 4. The summed E-state index contributed by atoms with van der Waals surface area (Å²) >= 11 is 0. The third-order valence-electron chi connectivity index (χ3n) is 2.73. The lowest BCUT2D eigenvalue weighted by atomic mass is 10.2. The van der Waals surface area contributed by atoms with Gasteiger partial charge in [-0.25, -0.2) is 0 Å². The predicted octanol–water partition coefficient (Wildman–Crippen LogP) is 0.223. The molecule has 13 heavy (non-hydrogen) atoms. The van der Waals surface area contributed by atoms with Crippen molar-refractivity contribution in [2.75, 3.05) is 12.8 Å². The highest BCUT2D eigenvalue weighted by Crippen LogP contribution is 2.16. The van der Waals surface area contributed by atoms with Gasteiger partial charge in [0.25, 0.3) is 0 Å². The number of hydrogen-bond acceptors (Lipinski definition) is 3. The van der Waals surface area contributed by atoms with Crippen LogP contribution in [0.25, 0.3) is 0 Å². The van der Waals surface area contributed by atoms with Crippen molar-refractivity contribution in [3.63, 3.8) is 0 Å². The van der Waals surface area contributed by atoms with Crippen molar-refractivity contribution in [3.8, 4) is 0 Å². The topological polar surface area (TPSA) is 55.1 Å². The molecule has 1 aliphatic rings. The van der Waals surface area contributed by atoms with Crippen molar-refractivity contribution >= 4 is 10.8 Å². The summed E-state index contributed by atoms with van der Waals surface area (Å²) in [5, 5.41) is 3.67. The maximum Gasteiger partial charge on any atom is 0.0441 e. The van der Waals surface area contributed by atoms with E-state index in [1.54, 1.807) is 6.26 Å². The fourth-order valence-corrected chi connectivity index (χ4v) is 1.98. The minimum atomic E-state index is -0.713. The molecule has 78 valence electrons. The van der Waals surface area contributed by atoms with Crippen molar-refractivity contribution in [3.05, 3.63) is 0 Å². The average Bonchev–Trinajstić information content (AvgIpc) is 2.47. The highest BCUT2D eigenvalue weighted by atomic mass is 32.2. The lowest BCUT2D eigenvalue weighted by Gasteiger charge is -2.15. The van der Waals surface area contributed by atoms with Crippen LogP contribution >= 0.6 is 0 Å². The molecule has 1 fully saturated rings. The first kappa shape index (κ1) is 11.1. The SMILES string of the molecule is CC(CNC1CCC(N)C1)S(C)=O. The third kappa shape index (κ3) is 3.75. The highest BCUT2D eigenvalue weighted by Gasteiger charge is 2.21. The van der Waals surface area contributed by atoms with Crippen LogP contribution in [-0.4, -0.2) is 34.3 Å². The highest BCUT2D eigenvalue weighted by molar-refractivity contribution is 7.84. The van der Waals surface area contributed by atoms with E-state index < -0.39 is 10.8 Å². The summed E-state index contributed by atoms with van der Waals surface area (Å²) in [6, 6.07) is 0.931. The van der Waals surface area contributed by atoms with E-state index in [1.165, 1.54) is 6.42 Å². The Morgan fingerprint density at radius 1 is 1.62 bits per heavy atom. The van der Waals surface area contributed by atoms with E-state index in [0.29, 0.717) is 12.1 Å². The molecule has 0 aromatic rings. The van der Waals surface area contributed by atoms with Gasteiger partial charge in [0, 0.05) is 40.9 Å². The number of nitrogens with two attached hydrogens (primary N) is 1. The second-order valence-electron chi connectivity index (χ2n) is 3.99. The molecule has 0 aliphatic heterocycles. The molecule has 0 saturated heterocycles. The van der Waals surface area contributed by atoms with E-state index in [0.717, 1.165) is 19.4 Å². The van der Waals surface area contributed by atoms with Crippen molar-refractivity contribution in [2.45, 2.75) is 43.5 Å². The van der Waals surface area contributed by atoms with E-state index in [2.05, 4.69) is 5.32 Å². The molecule has 1 rings (SSSR count). The van der Waals surface area contributed by atoms with Gasteiger partial charge in [-0.1, -0.05) is 0 Å². The van der Waals surface area contributed by atoms with Gasteiger partial charge in [-0.2, -0.15) is 0 Å². The summed E-state index contributed by atoms with van der Waals surface area (Å²) in [5.41, 5.74) is 5.79. The number of nitrogens with one attached hydrogen (secondary N) is 1. The molecule has 3 nitrogen and oxygen atoms in total. The van der Waals surface area contributed by atoms with Gasteiger partial charge >= 0.3 is 0 Å². The van der Waals surface area contributed by atoms with Crippen LogP contribution in [0.5, 0.6) is 0 Å². The van der Waals surface area contributed by atoms with Gasteiger partial charge in [-0.3, -0.25) is 4.21 Å². The largest absolute Gasteiger partial charge is 0.328 e. The Hall–Kier alpha value is 0.0700. The maximum absolute atomic E-state index is 11.1. The monoisotopic (exact) mass is 204 g/mol. The van der Waals surface area contributed by atoms with Crippen LogP contribution in [0.4, 0.5) is 0 Å². The summed E-state index contributed by atoms with van der Waals surface area (Å²) in [7, 11) is -0.713. The van der Waals surface area contributed by atoms with Crippen LogP contribution in [0.3, 0.4) is 0 Å². The first-order chi connectivity index (χ1) is 6.09. The lowest BCUT2D eigenvalue weighted by Crippen LogP contribution is -2.35. The normalized spacial score (nSPS) is 33.2. The van der Waals surface area contributed by atoms with Gasteiger partial charge in [-0.15, -0.1) is 0 Å². The zero-order valence-corrected chi connectivity index (χ0v) is 9.27. The molecule has 0 radical (unpaired) electrons. The quantitative estimate of drug-likeness (QED) is 0.689. The van der Waals surface area contributed by atoms with Crippen LogP contribution in [-0.2, 0) is 10.8 Å². The van der Waals surface area contributed by atoms with E-state index >= 15 is 0 Å². The Morgan fingerprint density at radius 3 is 2.77 bits per heavy atom. The zero-order chi connectivity index (χ0) is 9.84. The Morgan fingerprint density at radius 2 is 2.31 bits per heavy atom. The smallest absolute Gasteiger partial charge is 0.0441 e. The first-order valence-corrected chi connectivity index (χ1v) is 6.53. The summed E-state index contributed by atoms with van der Waals surface area (Å²) in [6.07, 6.45) is 5.13. The predicted molar refractivity (Wildman–Crippen MR) is 57.1 cm³/mol. The van der Waals surface area contributed by atoms with Gasteiger partial charge < -0.3 is 11.1 Å². The molecule has 4 unspecified atom stereocenters. The van der Waals surface area contributed by atoms with E-state index in [4.69, 9.17) is 5.73 Å². The molecule has 4 heteroatoms. The minimum Gasteiger partial charge on any atom is -0.328 e. The molecule has 0 aromatic carbocycles. The molecule has 1 saturated carbocycles. The standard InChI is InChI=1S/C9H20N2OS/c1-7(13(2)12)6-11-9-4-3-8(10)5-9/h7-9,11H,3-6,10H2,1-2H3. The molecular formula is C9H20N2OS. The van der Waals surface area contributed by atoms with Crippen LogP contribution in [0.15, 0.2) is 0 Å². The van der Waals surface area contributed by atoms with Gasteiger partial charge in [0.05, 0.1) is 0 Å². The van der Waals surface area contributed by atoms with Crippen molar-refractivity contribution in [2.24, 2.45) is 5.73 Å². The number of hydrogen-bond donors (Lipinski definition) is 2. The van der Waals surface area contributed by atoms with Crippen LogP contribution < -0.4 is 11.1 Å². The molecule has 0 heterocycles. The van der Waals surface area contributed by atoms with Gasteiger partial charge in [0.2, 0.25) is 0 Å². The molecule has 0 bridgehead atoms. The van der Waals surface area contributed by atoms with Crippen molar-refractivity contribution < 1.29 is 4.21 Å². The molecule has 4 atom stereocenters. The maximum atomic E-state index is 11.1. The second-order valence-corrected chi connectivity index (χ2v) is 5.79. The molecule has 0 aromatic heterocycles. The van der Waals surface area contributed by atoms with Gasteiger partial charge in [-0.05, 0) is 26.2 Å². The third-order valence-corrected chi connectivity index (χ3v) is 4.03. The van der Waals surface area contributed by atoms with Crippen molar-refractivity contribution in [1.82, 2.24) is 5.32 Å². The Labute approximate surface area is 82.9 Å². The van der Waals surface area contributed by atoms with E-state index in [1.807, 2.05) is 6.92 Å². The molecule has 0 amide bonds. The average molecular weight is 204 g/mol. The molecular weight excluding hydrogens is 184 g/mol. The Kier molecular flexibility index (Phi) is 4.35. The fourth-order valence-electron chi connectivity index (χ4n) is 1.65. The lowest BCUT2D eigenvalue weighted by molar-refractivity contribution is 0.517. The zero-order valence-electron chi connectivity index (χ0n) is 8.45. The fraction of sp³-hybridized carbons (Fsp3) is 1.00. The summed E-state index contributed by atoms with van der Waals surface area (Å²) in [5.74, 6) is 0. The van der Waals surface area contributed by atoms with E-state index in [-0.39, 0.29) is 5.25 Å². The summed E-state index contributed by atoms with van der Waals surface area (Å²) in [4.78, 5) is 0. The summed E-state index contributed by atoms with van der Waals surface area (Å²) in [6.45, 7) is 2.86. The van der Waals surface area contributed by atoms with Crippen LogP contribution in [0, 0.1) is 0 Å². The second kappa shape index (κ2) is 5.08. The minimum absolute atomic E-state index is 0.247. The first-order valence-electron chi connectivity index (χ1n) is 4.90. The molecule has 0 spiro atoms. The molecule has 3 N–H and O–H groups in total. The van der Waals surface area contributed by atoms with Gasteiger partial charge in [0.15, 0.2) is 0 Å². The van der Waals surface area contributed by atoms with Crippen LogP contribution in [0.1, 0.15) is 26.2 Å².